The summed E-state index contributed by atoms with van der Waals surface area (Å²) < 4.78 is 55.3. The molecule has 22 nitrogen and oxygen atoms in total. The van der Waals surface area contributed by atoms with Crippen LogP contribution < -0.4 is 0 Å². The van der Waals surface area contributed by atoms with Crippen LogP contribution in [0.25, 0.3) is 0 Å². The first-order chi connectivity index (χ1) is 67.0. The number of likely N-dealkylation sites (tertiary alicyclic amines) is 8. The standard InChI is InChI=1S/C13H28N2O.6C12H25NO.C11H24N2O.2C11H23NO/c1-12(2)15-9-7-14(8-10-15)6-5-11-16-13(3)4;3*1-11(2)14-9-5-8-13-7-4-6-12(3)10-13;3*1-11(2)14-10-6-9-13-8-5-4-7-12(13)3;1-11(2)14-10-4-5-13-8-6-12(3)7-9-13;2*1-11(2)13-10-6-9-12-7-4-3-5-8-12/h12-13H,5-11H2,1-4H3;6*11-12H,4-10H2,1-3H3;11H,4-10H2,1-3H3;2*11H,3-10H2,1-2H3/t;2*12-;;2*12-;;;;/m.10.10..../s1. The number of rotatable bonds is 51. The summed E-state index contributed by atoms with van der Waals surface area (Å²) in [5, 5.41) is 0. The quantitative estimate of drug-likeness (QED) is 0.0535. The van der Waals surface area contributed by atoms with E-state index in [0.717, 1.165) is 102 Å². The summed E-state index contributed by atoms with van der Waals surface area (Å²) >= 11 is 0. The van der Waals surface area contributed by atoms with E-state index < -0.39 is 0 Å². The van der Waals surface area contributed by atoms with Crippen LogP contribution >= 0.6 is 0 Å². The van der Waals surface area contributed by atoms with Gasteiger partial charge in [-0.2, -0.15) is 0 Å². The highest BCUT2D eigenvalue weighted by molar-refractivity contribution is 4.80. The monoisotopic (exact) mass is 1990 g/mol. The van der Waals surface area contributed by atoms with Gasteiger partial charge in [0.1, 0.15) is 0 Å². The van der Waals surface area contributed by atoms with E-state index in [4.69, 9.17) is 47.4 Å². The van der Waals surface area contributed by atoms with Crippen LogP contribution in [0, 0.1) is 17.8 Å². The number of piperazine rings is 2. The summed E-state index contributed by atoms with van der Waals surface area (Å²) in [7, 11) is 2.19. The van der Waals surface area contributed by atoms with E-state index in [1.54, 1.807) is 0 Å². The summed E-state index contributed by atoms with van der Waals surface area (Å²) in [6.07, 6.45) is 45.0. The Balaban J connectivity index is 0.000000778. The van der Waals surface area contributed by atoms with E-state index in [1.165, 1.54) is 402 Å². The van der Waals surface area contributed by atoms with E-state index >= 15 is 0 Å². The molecule has 0 saturated carbocycles. The topological polar surface area (TPSA) is 131 Å². The highest BCUT2D eigenvalue weighted by Gasteiger charge is 2.25. The van der Waals surface area contributed by atoms with Crippen LogP contribution in [0.4, 0.5) is 0 Å². The molecule has 10 heterocycles. The van der Waals surface area contributed by atoms with Gasteiger partial charge in [-0.05, 0) is 430 Å². The molecule has 0 amide bonds. The van der Waals surface area contributed by atoms with Crippen molar-refractivity contribution in [1.29, 1.82) is 0 Å². The Morgan fingerprint density at radius 3 is 0.571 bits per heavy atom. The molecule has 0 aromatic heterocycles. The van der Waals surface area contributed by atoms with Gasteiger partial charge in [0.25, 0.3) is 0 Å². The van der Waals surface area contributed by atoms with Crippen molar-refractivity contribution in [2.45, 2.75) is 478 Å². The molecule has 10 aliphatic rings. The Kier molecular flexibility index (Phi) is 90.0. The van der Waals surface area contributed by atoms with Crippen molar-refractivity contribution in [3.05, 3.63) is 0 Å². The molecule has 0 aromatic rings. The molecule has 2 unspecified atom stereocenters. The average molecular weight is 2000 g/mol. The van der Waals surface area contributed by atoms with Gasteiger partial charge in [0.2, 0.25) is 0 Å². The number of hydrogen-bond donors (Lipinski definition) is 0. The molecule has 10 fully saturated rings. The fourth-order valence-corrected chi connectivity index (χ4v) is 19.9. The lowest BCUT2D eigenvalue weighted by Gasteiger charge is -2.36. The minimum absolute atomic E-state index is 0.373. The Hall–Kier alpha value is -0.880. The summed E-state index contributed by atoms with van der Waals surface area (Å²) in [5.41, 5.74) is 0. The van der Waals surface area contributed by atoms with Crippen LogP contribution in [0.15, 0.2) is 0 Å². The normalized spacial score (nSPS) is 22.6. The molecular weight excluding hydrogens is 1750 g/mol. The second kappa shape index (κ2) is 91.9. The molecule has 10 aliphatic heterocycles. The molecule has 0 N–H and O–H groups in total. The van der Waals surface area contributed by atoms with Gasteiger partial charge in [-0.1, -0.05) is 52.9 Å². The molecule has 840 valence electrons. The minimum Gasteiger partial charge on any atom is -0.379 e. The molecule has 140 heavy (non-hydrogen) atoms. The first-order valence-electron chi connectivity index (χ1n) is 59.9. The lowest BCUT2D eigenvalue weighted by atomic mass is 10.0. The Morgan fingerprint density at radius 1 is 0.186 bits per heavy atom. The van der Waals surface area contributed by atoms with E-state index in [9.17, 15) is 0 Å². The number of piperidine rings is 8. The van der Waals surface area contributed by atoms with Crippen LogP contribution in [0.2, 0.25) is 0 Å². The van der Waals surface area contributed by atoms with E-state index in [0.29, 0.717) is 67.1 Å². The molecule has 0 aromatic carbocycles. The zero-order chi connectivity index (χ0) is 104. The van der Waals surface area contributed by atoms with Crippen molar-refractivity contribution in [2.75, 3.05) is 276 Å². The largest absolute Gasteiger partial charge is 0.379 e. The number of ether oxygens (including phenoxy) is 10. The van der Waals surface area contributed by atoms with Crippen molar-refractivity contribution in [2.24, 2.45) is 17.8 Å². The van der Waals surface area contributed by atoms with Gasteiger partial charge in [-0.15, -0.1) is 0 Å². The smallest absolute Gasteiger partial charge is 0.0518 e. The van der Waals surface area contributed by atoms with Crippen molar-refractivity contribution in [3.8, 4) is 0 Å². The zero-order valence-corrected chi connectivity index (χ0v) is 99.2. The zero-order valence-electron chi connectivity index (χ0n) is 99.2. The van der Waals surface area contributed by atoms with Gasteiger partial charge < -0.3 is 101 Å². The molecule has 10 saturated heterocycles. The summed E-state index contributed by atoms with van der Waals surface area (Å²) in [4.78, 5) is 30.7. The third kappa shape index (κ3) is 85.8. The van der Waals surface area contributed by atoms with Gasteiger partial charge in [-0.25, -0.2) is 0 Å². The van der Waals surface area contributed by atoms with Crippen molar-refractivity contribution >= 4 is 0 Å². The van der Waals surface area contributed by atoms with Crippen LogP contribution in [-0.4, -0.2) is 420 Å². The first kappa shape index (κ1) is 137. The molecule has 0 bridgehead atoms. The predicted molar refractivity (Wildman–Crippen MR) is 604 cm³/mol. The number of likely N-dealkylation sites (N-methyl/N-ethyl adjacent to an activating group) is 1. The average Bonchev–Trinajstić information content (AvgIpc) is 0.894. The van der Waals surface area contributed by atoms with Gasteiger partial charge >= 0.3 is 0 Å². The fourth-order valence-electron chi connectivity index (χ4n) is 19.9. The van der Waals surface area contributed by atoms with Crippen LogP contribution in [0.1, 0.15) is 393 Å². The Morgan fingerprint density at radius 2 is 0.371 bits per heavy atom. The second-order valence-electron chi connectivity index (χ2n) is 46.4. The molecule has 22 heteroatoms. The van der Waals surface area contributed by atoms with Gasteiger partial charge in [0, 0.05) is 228 Å². The minimum atomic E-state index is 0.373. The molecule has 6 atom stereocenters. The molecule has 0 radical (unpaired) electrons. The van der Waals surface area contributed by atoms with Crippen molar-refractivity contribution in [1.82, 2.24) is 58.8 Å². The van der Waals surface area contributed by atoms with Crippen LogP contribution in [0.5, 0.6) is 0 Å². The third-order valence-corrected chi connectivity index (χ3v) is 28.3. The SMILES string of the molecule is CC(C)OCCCN1CCCCC1.CC(C)OCCCN1CCCCC1.CC(C)OCCCN1CCCCC1C.CC(C)OCCCN1CCCC[C@@H]1C.CC(C)OCCCN1CCCC[C@H]1C.CC(C)OCCCN1CCC[C@@H](C)C1.CC(C)OCCCN1CCC[C@H](C)C1.CC(C)OCCCN1CCN(C(C)C)CC1.CC(C)OCCCN1CCN(C)CC1.CC1CCCN(CCCOC(C)C)C1. The summed E-state index contributed by atoms with van der Waals surface area (Å²) in [6, 6.07) is 3.08. The van der Waals surface area contributed by atoms with Gasteiger partial charge in [-0.3, -0.25) is 4.90 Å². The molecule has 10 rings (SSSR count). The van der Waals surface area contributed by atoms with E-state index in [-0.39, 0.29) is 0 Å². The van der Waals surface area contributed by atoms with E-state index in [1.807, 2.05) is 0 Å². The third-order valence-electron chi connectivity index (χ3n) is 28.3. The van der Waals surface area contributed by atoms with Gasteiger partial charge in [0.05, 0.1) is 61.0 Å². The highest BCUT2D eigenvalue weighted by Crippen LogP contribution is 2.23. The number of hydrogen-bond acceptors (Lipinski definition) is 22. The first-order valence-corrected chi connectivity index (χ1v) is 59.9. The molecular formula is C118H248N12O10. The maximum Gasteiger partial charge on any atom is 0.0518 e. The van der Waals surface area contributed by atoms with Crippen LogP contribution in [-0.2, 0) is 47.4 Å². The van der Waals surface area contributed by atoms with Crippen molar-refractivity contribution in [3.63, 3.8) is 0 Å². The fraction of sp³-hybridized carbons (Fsp3) is 1.00. The highest BCUT2D eigenvalue weighted by atomic mass is 16.5. The number of nitrogens with zero attached hydrogens (tertiary/aromatic N) is 12. The lowest BCUT2D eigenvalue weighted by Crippen LogP contribution is -2.49. The maximum absolute atomic E-state index is 5.56. The summed E-state index contributed by atoms with van der Waals surface area (Å²) in [6.45, 7) is 109. The second-order valence-corrected chi connectivity index (χ2v) is 46.4. The lowest BCUT2D eigenvalue weighted by molar-refractivity contribution is 0.0604. The van der Waals surface area contributed by atoms with Crippen LogP contribution in [0.3, 0.4) is 0 Å². The molecule has 0 aliphatic carbocycles. The van der Waals surface area contributed by atoms with E-state index in [2.05, 4.69) is 260 Å². The summed E-state index contributed by atoms with van der Waals surface area (Å²) in [5.74, 6) is 2.69. The predicted octanol–water partition coefficient (Wildman–Crippen LogP) is 23.1. The maximum atomic E-state index is 5.56. The Labute approximate surface area is 873 Å². The van der Waals surface area contributed by atoms with Gasteiger partial charge in [0.15, 0.2) is 0 Å². The molecule has 0 spiro atoms. The Bertz CT molecular complexity index is 2370. The van der Waals surface area contributed by atoms with Crippen molar-refractivity contribution < 1.29 is 47.4 Å².